The maximum absolute atomic E-state index is 10.1. The first-order valence-electron chi connectivity index (χ1n) is 7.03. The van der Waals surface area contributed by atoms with Crippen LogP contribution >= 0.6 is 0 Å². The fourth-order valence-corrected chi connectivity index (χ4v) is 3.17. The topological polar surface area (TPSA) is 120 Å². The van der Waals surface area contributed by atoms with Crippen molar-refractivity contribution in [2.24, 2.45) is 21.5 Å². The molecule has 7 nitrogen and oxygen atoms in total. The van der Waals surface area contributed by atoms with E-state index < -0.39 is 5.66 Å². The number of benzene rings is 1. The van der Waals surface area contributed by atoms with Crippen LogP contribution in [0.5, 0.6) is 11.5 Å². The molecule has 1 fully saturated rings. The smallest absolute Gasteiger partial charge is 0.220 e. The standard InChI is InChI=1S/C14H19N5O2/c15-12-17-13(16)19(10-5-4-9(20)8-11(10)21)14(18-12)6-2-1-3-7-14/h4-5,8,20-21H,1-3,6-7H2,(H4,15,16,17,18). The van der Waals surface area contributed by atoms with Crippen molar-refractivity contribution in [1.82, 2.24) is 0 Å². The predicted molar refractivity (Wildman–Crippen MR) is 81.3 cm³/mol. The van der Waals surface area contributed by atoms with Gasteiger partial charge in [-0.25, -0.2) is 4.99 Å². The van der Waals surface area contributed by atoms with Gasteiger partial charge in [0.05, 0.1) is 5.69 Å². The third kappa shape index (κ3) is 2.24. The van der Waals surface area contributed by atoms with Crippen molar-refractivity contribution in [1.29, 1.82) is 0 Å². The van der Waals surface area contributed by atoms with Gasteiger partial charge >= 0.3 is 0 Å². The van der Waals surface area contributed by atoms with E-state index in [0.29, 0.717) is 5.69 Å². The SMILES string of the molecule is NC1=NC2(CCCCC2)N(c2ccc(O)cc2O)C(N)=N1. The molecule has 3 rings (SSSR count). The molecule has 1 spiro atoms. The summed E-state index contributed by atoms with van der Waals surface area (Å²) >= 11 is 0. The number of anilines is 1. The Hall–Kier alpha value is -2.44. The Labute approximate surface area is 122 Å². The summed E-state index contributed by atoms with van der Waals surface area (Å²) in [6, 6.07) is 4.39. The molecular formula is C14H19N5O2. The van der Waals surface area contributed by atoms with Crippen molar-refractivity contribution in [2.75, 3.05) is 4.90 Å². The first kappa shape index (κ1) is 13.5. The highest BCUT2D eigenvalue weighted by Crippen LogP contribution is 2.42. The van der Waals surface area contributed by atoms with Gasteiger partial charge in [-0.05, 0) is 37.8 Å². The molecule has 0 saturated heterocycles. The van der Waals surface area contributed by atoms with E-state index in [1.54, 1.807) is 11.0 Å². The summed E-state index contributed by atoms with van der Waals surface area (Å²) in [4.78, 5) is 10.3. The molecule has 1 aliphatic heterocycles. The van der Waals surface area contributed by atoms with Crippen LogP contribution in [0.3, 0.4) is 0 Å². The van der Waals surface area contributed by atoms with E-state index in [1.807, 2.05) is 0 Å². The number of rotatable bonds is 1. The van der Waals surface area contributed by atoms with Crippen molar-refractivity contribution >= 4 is 17.6 Å². The monoisotopic (exact) mass is 289 g/mol. The molecule has 7 heteroatoms. The van der Waals surface area contributed by atoms with Crippen LogP contribution in [0.4, 0.5) is 5.69 Å². The largest absolute Gasteiger partial charge is 0.508 e. The van der Waals surface area contributed by atoms with Gasteiger partial charge in [0.15, 0.2) is 0 Å². The zero-order chi connectivity index (χ0) is 15.0. The number of aromatic hydroxyl groups is 2. The molecular weight excluding hydrogens is 270 g/mol. The summed E-state index contributed by atoms with van der Waals surface area (Å²) in [5.41, 5.74) is 11.7. The number of guanidine groups is 2. The quantitative estimate of drug-likeness (QED) is 0.619. The Morgan fingerprint density at radius 3 is 2.48 bits per heavy atom. The molecule has 0 unspecified atom stereocenters. The molecule has 1 heterocycles. The van der Waals surface area contributed by atoms with Crippen molar-refractivity contribution < 1.29 is 10.2 Å². The minimum atomic E-state index is -0.595. The zero-order valence-corrected chi connectivity index (χ0v) is 11.7. The Kier molecular flexibility index (Phi) is 3.12. The normalized spacial score (nSPS) is 21.0. The molecule has 1 aliphatic carbocycles. The van der Waals surface area contributed by atoms with Crippen molar-refractivity contribution in [2.45, 2.75) is 37.8 Å². The molecule has 0 aromatic heterocycles. The average Bonchev–Trinajstić information content (AvgIpc) is 2.41. The molecule has 1 saturated carbocycles. The third-order valence-electron chi connectivity index (χ3n) is 4.05. The van der Waals surface area contributed by atoms with Gasteiger partial charge in [-0.15, -0.1) is 0 Å². The van der Waals surface area contributed by atoms with E-state index in [9.17, 15) is 10.2 Å². The molecule has 1 aromatic carbocycles. The van der Waals surface area contributed by atoms with Gasteiger partial charge in [-0.1, -0.05) is 6.42 Å². The molecule has 0 atom stereocenters. The molecule has 21 heavy (non-hydrogen) atoms. The van der Waals surface area contributed by atoms with Gasteiger partial charge in [0.25, 0.3) is 0 Å². The van der Waals surface area contributed by atoms with Crippen molar-refractivity contribution in [3.05, 3.63) is 18.2 Å². The number of hydrogen-bond donors (Lipinski definition) is 4. The molecule has 0 radical (unpaired) electrons. The molecule has 1 aromatic rings. The van der Waals surface area contributed by atoms with Crippen molar-refractivity contribution in [3.63, 3.8) is 0 Å². The minimum Gasteiger partial charge on any atom is -0.508 e. The van der Waals surface area contributed by atoms with Crippen LogP contribution in [0, 0.1) is 0 Å². The summed E-state index contributed by atoms with van der Waals surface area (Å²) in [6.45, 7) is 0. The van der Waals surface area contributed by atoms with Crippen LogP contribution < -0.4 is 16.4 Å². The lowest BCUT2D eigenvalue weighted by molar-refractivity contribution is 0.303. The zero-order valence-electron chi connectivity index (χ0n) is 11.7. The van der Waals surface area contributed by atoms with E-state index in [0.717, 1.165) is 32.1 Å². The van der Waals surface area contributed by atoms with Gasteiger partial charge in [0, 0.05) is 6.07 Å². The fraction of sp³-hybridized carbons (Fsp3) is 0.429. The summed E-state index contributed by atoms with van der Waals surface area (Å²) in [5.74, 6) is 0.313. The van der Waals surface area contributed by atoms with Crippen LogP contribution in [0.1, 0.15) is 32.1 Å². The lowest BCUT2D eigenvalue weighted by atomic mass is 9.87. The second kappa shape index (κ2) is 4.83. The summed E-state index contributed by atoms with van der Waals surface area (Å²) < 4.78 is 0. The van der Waals surface area contributed by atoms with Gasteiger partial charge in [-0.2, -0.15) is 4.99 Å². The van der Waals surface area contributed by atoms with Gasteiger partial charge in [-0.3, -0.25) is 4.90 Å². The highest BCUT2D eigenvalue weighted by atomic mass is 16.3. The summed E-state index contributed by atoms with van der Waals surface area (Å²) in [6.07, 6.45) is 4.76. The van der Waals surface area contributed by atoms with Crippen LogP contribution in [-0.2, 0) is 0 Å². The van der Waals surface area contributed by atoms with Crippen molar-refractivity contribution in [3.8, 4) is 11.5 Å². The average molecular weight is 289 g/mol. The van der Waals surface area contributed by atoms with Gasteiger partial charge < -0.3 is 21.7 Å². The maximum Gasteiger partial charge on any atom is 0.220 e. The van der Waals surface area contributed by atoms with Gasteiger partial charge in [0.1, 0.15) is 17.2 Å². The van der Waals surface area contributed by atoms with E-state index >= 15 is 0 Å². The van der Waals surface area contributed by atoms with E-state index in [-0.39, 0.29) is 23.4 Å². The second-order valence-corrected chi connectivity index (χ2v) is 5.49. The molecule has 6 N–H and O–H groups in total. The highest BCUT2D eigenvalue weighted by molar-refractivity contribution is 6.06. The number of phenols is 2. The Morgan fingerprint density at radius 2 is 1.81 bits per heavy atom. The highest BCUT2D eigenvalue weighted by Gasteiger charge is 2.43. The van der Waals surface area contributed by atoms with E-state index in [1.165, 1.54) is 12.1 Å². The first-order valence-corrected chi connectivity index (χ1v) is 7.03. The van der Waals surface area contributed by atoms with Crippen LogP contribution in [0.15, 0.2) is 28.2 Å². The lowest BCUT2D eigenvalue weighted by Gasteiger charge is -2.45. The predicted octanol–water partition coefficient (Wildman–Crippen LogP) is 1.21. The summed E-state index contributed by atoms with van der Waals surface area (Å²) in [5, 5.41) is 19.6. The molecule has 112 valence electrons. The molecule has 0 bridgehead atoms. The first-order chi connectivity index (χ1) is 10.0. The molecule has 0 amide bonds. The van der Waals surface area contributed by atoms with Crippen LogP contribution in [0.2, 0.25) is 0 Å². The summed E-state index contributed by atoms with van der Waals surface area (Å²) in [7, 11) is 0. The second-order valence-electron chi connectivity index (χ2n) is 5.49. The van der Waals surface area contributed by atoms with E-state index in [2.05, 4.69) is 9.98 Å². The Morgan fingerprint density at radius 1 is 1.10 bits per heavy atom. The number of hydrogen-bond acceptors (Lipinski definition) is 7. The number of aliphatic imine (C=N–C) groups is 2. The van der Waals surface area contributed by atoms with Crippen LogP contribution in [-0.4, -0.2) is 27.8 Å². The minimum absolute atomic E-state index is 0.00974. The lowest BCUT2D eigenvalue weighted by Crippen LogP contribution is -2.58. The molecule has 2 aliphatic rings. The number of phenolic OH excluding ortho intramolecular Hbond substituents is 2. The van der Waals surface area contributed by atoms with Gasteiger partial charge in [0.2, 0.25) is 11.9 Å². The van der Waals surface area contributed by atoms with Crippen LogP contribution in [0.25, 0.3) is 0 Å². The van der Waals surface area contributed by atoms with E-state index in [4.69, 9.17) is 11.5 Å². The number of nitrogens with two attached hydrogens (primary N) is 2. The Bertz CT molecular complexity index is 620. The number of nitrogens with zero attached hydrogens (tertiary/aromatic N) is 3. The Balaban J connectivity index is 2.10. The maximum atomic E-state index is 10.1. The third-order valence-corrected chi connectivity index (χ3v) is 4.05. The fourth-order valence-electron chi connectivity index (χ4n) is 3.17.